The lowest BCUT2D eigenvalue weighted by molar-refractivity contribution is 0.443. The van der Waals surface area contributed by atoms with E-state index in [1.165, 1.54) is 18.2 Å². The van der Waals surface area contributed by atoms with Gasteiger partial charge in [-0.1, -0.05) is 23.7 Å². The molecule has 30 heavy (non-hydrogen) atoms. The van der Waals surface area contributed by atoms with E-state index >= 15 is 0 Å². The van der Waals surface area contributed by atoms with Crippen molar-refractivity contribution in [3.8, 4) is 11.5 Å². The molecule has 0 spiro atoms. The SMILES string of the molecule is O=S1(=O)NC(=NCc2ccc(F)cn2)Nc2c1ccc(F)c2Oc1ccccc1Cl. The quantitative estimate of drug-likeness (QED) is 0.625. The molecule has 1 aromatic heterocycles. The van der Waals surface area contributed by atoms with Gasteiger partial charge in [0.15, 0.2) is 11.6 Å². The summed E-state index contributed by atoms with van der Waals surface area (Å²) in [6, 6.07) is 11.1. The molecule has 2 N–H and O–H groups in total. The lowest BCUT2D eigenvalue weighted by Gasteiger charge is -2.24. The Bertz CT molecular complexity index is 1250. The van der Waals surface area contributed by atoms with Crippen molar-refractivity contribution in [2.24, 2.45) is 4.99 Å². The molecular formula is C19H13ClF2N4O3S. The molecule has 0 aliphatic carbocycles. The van der Waals surface area contributed by atoms with Crippen LogP contribution in [0.15, 0.2) is 64.6 Å². The van der Waals surface area contributed by atoms with Crippen molar-refractivity contribution in [1.29, 1.82) is 0 Å². The van der Waals surface area contributed by atoms with Crippen molar-refractivity contribution in [2.45, 2.75) is 11.4 Å². The van der Waals surface area contributed by atoms with Crippen LogP contribution in [0.1, 0.15) is 5.69 Å². The van der Waals surface area contributed by atoms with E-state index in [4.69, 9.17) is 16.3 Å². The van der Waals surface area contributed by atoms with Gasteiger partial charge in [-0.2, -0.15) is 0 Å². The zero-order valence-electron chi connectivity index (χ0n) is 15.1. The lowest BCUT2D eigenvalue weighted by Crippen LogP contribution is -2.41. The Morgan fingerprint density at radius 2 is 1.90 bits per heavy atom. The van der Waals surface area contributed by atoms with Gasteiger partial charge in [0.05, 0.1) is 23.5 Å². The number of sulfonamides is 1. The Balaban J connectivity index is 1.71. The average molecular weight is 451 g/mol. The molecule has 1 aliphatic rings. The van der Waals surface area contributed by atoms with Crippen molar-refractivity contribution >= 4 is 33.3 Å². The lowest BCUT2D eigenvalue weighted by atomic mass is 10.2. The number of halogens is 3. The molecule has 11 heteroatoms. The van der Waals surface area contributed by atoms with Crippen LogP contribution in [0.3, 0.4) is 0 Å². The monoisotopic (exact) mass is 450 g/mol. The average Bonchev–Trinajstić information content (AvgIpc) is 2.70. The van der Waals surface area contributed by atoms with Crippen molar-refractivity contribution in [2.75, 3.05) is 5.32 Å². The number of benzene rings is 2. The second-order valence-electron chi connectivity index (χ2n) is 6.15. The number of rotatable bonds is 4. The molecule has 4 rings (SSSR count). The molecule has 0 unspecified atom stereocenters. The summed E-state index contributed by atoms with van der Waals surface area (Å²) in [4.78, 5) is 7.74. The van der Waals surface area contributed by atoms with Gasteiger partial charge in [0.25, 0.3) is 10.0 Å². The molecule has 0 atom stereocenters. The Kier molecular flexibility index (Phi) is 5.27. The van der Waals surface area contributed by atoms with Crippen LogP contribution in [-0.4, -0.2) is 19.4 Å². The number of pyridine rings is 1. The molecule has 0 saturated heterocycles. The number of anilines is 1. The second-order valence-corrected chi connectivity index (χ2v) is 8.20. The highest BCUT2D eigenvalue weighted by Crippen LogP contribution is 2.40. The summed E-state index contributed by atoms with van der Waals surface area (Å²) in [7, 11) is -4.05. The summed E-state index contributed by atoms with van der Waals surface area (Å²) in [6.07, 6.45) is 1.02. The Labute approximate surface area is 175 Å². The maximum atomic E-state index is 14.6. The highest BCUT2D eigenvalue weighted by Gasteiger charge is 2.31. The molecule has 1 aliphatic heterocycles. The highest BCUT2D eigenvalue weighted by molar-refractivity contribution is 7.90. The number of fused-ring (bicyclic) bond motifs is 1. The van der Waals surface area contributed by atoms with Crippen LogP contribution in [0, 0.1) is 11.6 Å². The molecule has 7 nitrogen and oxygen atoms in total. The number of hydrogen-bond donors (Lipinski definition) is 2. The first-order valence-corrected chi connectivity index (χ1v) is 10.4. The standard InChI is InChI=1S/C19H13ClF2N4O3S/c20-13-3-1-2-4-15(13)29-18-14(22)7-8-16-17(18)25-19(26-30(16,27)28)24-10-12-6-5-11(21)9-23-12/h1-9H,10H2,(H2,24,25,26). The number of nitrogens with zero attached hydrogens (tertiary/aromatic N) is 2. The van der Waals surface area contributed by atoms with Crippen LogP contribution >= 0.6 is 11.6 Å². The maximum absolute atomic E-state index is 14.6. The molecule has 154 valence electrons. The number of para-hydroxylation sites is 1. The largest absolute Gasteiger partial charge is 0.450 e. The van der Waals surface area contributed by atoms with Crippen LogP contribution in [0.25, 0.3) is 0 Å². The molecule has 2 aromatic carbocycles. The van der Waals surface area contributed by atoms with Crippen molar-refractivity contribution in [3.05, 3.63) is 77.1 Å². The van der Waals surface area contributed by atoms with Crippen LogP contribution in [0.4, 0.5) is 14.5 Å². The molecule has 0 saturated carbocycles. The van der Waals surface area contributed by atoms with E-state index in [1.807, 2.05) is 0 Å². The van der Waals surface area contributed by atoms with Gasteiger partial charge >= 0.3 is 0 Å². The summed E-state index contributed by atoms with van der Waals surface area (Å²) in [5.74, 6) is -1.66. The van der Waals surface area contributed by atoms with Crippen molar-refractivity contribution < 1.29 is 21.9 Å². The van der Waals surface area contributed by atoms with Crippen LogP contribution < -0.4 is 14.8 Å². The van der Waals surface area contributed by atoms with Crippen molar-refractivity contribution in [1.82, 2.24) is 9.71 Å². The summed E-state index contributed by atoms with van der Waals surface area (Å²) < 4.78 is 60.6. The number of aliphatic imine (C=N–C) groups is 1. The number of aromatic nitrogens is 1. The van der Waals surface area contributed by atoms with Crippen molar-refractivity contribution in [3.63, 3.8) is 0 Å². The van der Waals surface area contributed by atoms with Gasteiger partial charge in [-0.05, 0) is 36.4 Å². The van der Waals surface area contributed by atoms with Gasteiger partial charge in [-0.15, -0.1) is 0 Å². The summed E-state index contributed by atoms with van der Waals surface area (Å²) in [5.41, 5.74) is 0.280. The van der Waals surface area contributed by atoms with Gasteiger partial charge in [0, 0.05) is 0 Å². The Morgan fingerprint density at radius 1 is 1.10 bits per heavy atom. The third-order valence-corrected chi connectivity index (χ3v) is 5.77. The third-order valence-electron chi connectivity index (χ3n) is 4.07. The number of hydrogen-bond acceptors (Lipinski definition) is 5. The maximum Gasteiger partial charge on any atom is 0.266 e. The van der Waals surface area contributed by atoms with Crippen LogP contribution in [0.5, 0.6) is 11.5 Å². The van der Waals surface area contributed by atoms with Gasteiger partial charge in [-0.3, -0.25) is 4.98 Å². The van der Waals surface area contributed by atoms with E-state index in [9.17, 15) is 17.2 Å². The third kappa shape index (κ3) is 4.05. The molecule has 3 aromatic rings. The summed E-state index contributed by atoms with van der Waals surface area (Å²) in [6.45, 7) is -0.0452. The molecular weight excluding hydrogens is 438 g/mol. The smallest absolute Gasteiger partial charge is 0.266 e. The Morgan fingerprint density at radius 3 is 2.63 bits per heavy atom. The first kappa shape index (κ1) is 20.0. The second kappa shape index (κ2) is 7.88. The Hall–Kier alpha value is -3.24. The highest BCUT2D eigenvalue weighted by atomic mass is 35.5. The molecule has 0 amide bonds. The zero-order chi connectivity index (χ0) is 21.3. The fourth-order valence-electron chi connectivity index (χ4n) is 2.68. The van der Waals surface area contributed by atoms with E-state index in [-0.39, 0.29) is 39.6 Å². The normalized spacial score (nSPS) is 15.8. The molecule has 0 radical (unpaired) electrons. The van der Waals surface area contributed by atoms with Gasteiger partial charge in [0.1, 0.15) is 22.1 Å². The molecule has 0 fully saturated rings. The molecule has 0 bridgehead atoms. The van der Waals surface area contributed by atoms with E-state index in [2.05, 4.69) is 20.0 Å². The fourth-order valence-corrected chi connectivity index (χ4v) is 3.99. The topological polar surface area (TPSA) is 92.7 Å². The van der Waals surface area contributed by atoms with Gasteiger partial charge in [-0.25, -0.2) is 26.9 Å². The van der Waals surface area contributed by atoms with E-state index in [0.29, 0.717) is 5.69 Å². The first-order chi connectivity index (χ1) is 14.3. The van der Waals surface area contributed by atoms with E-state index in [0.717, 1.165) is 18.3 Å². The number of guanidine groups is 1. The minimum Gasteiger partial charge on any atom is -0.450 e. The number of nitrogens with one attached hydrogen (secondary N) is 2. The summed E-state index contributed by atoms with van der Waals surface area (Å²) >= 11 is 6.07. The molecule has 2 heterocycles. The van der Waals surface area contributed by atoms with Gasteiger partial charge in [0.2, 0.25) is 5.96 Å². The number of ether oxygens (including phenoxy) is 1. The van der Waals surface area contributed by atoms with Gasteiger partial charge < -0.3 is 10.1 Å². The van der Waals surface area contributed by atoms with Crippen LogP contribution in [-0.2, 0) is 16.6 Å². The van der Waals surface area contributed by atoms with Crippen LogP contribution in [0.2, 0.25) is 5.02 Å². The predicted molar refractivity (Wildman–Crippen MR) is 107 cm³/mol. The zero-order valence-corrected chi connectivity index (χ0v) is 16.6. The minimum atomic E-state index is -4.05. The fraction of sp³-hybridized carbons (Fsp3) is 0.0526. The first-order valence-electron chi connectivity index (χ1n) is 8.53. The summed E-state index contributed by atoms with van der Waals surface area (Å²) in [5, 5.41) is 2.96. The van der Waals surface area contributed by atoms with E-state index in [1.54, 1.807) is 18.2 Å². The van der Waals surface area contributed by atoms with E-state index < -0.39 is 21.7 Å². The minimum absolute atomic E-state index is 0.0452. The predicted octanol–water partition coefficient (Wildman–Crippen LogP) is 4.07.